The third-order valence-corrected chi connectivity index (χ3v) is 4.23. The molecule has 0 bridgehead atoms. The Balaban J connectivity index is 2.65. The molecule has 108 valence electrons. The van der Waals surface area contributed by atoms with Gasteiger partial charge in [-0.25, -0.2) is 13.6 Å². The summed E-state index contributed by atoms with van der Waals surface area (Å²) in [6.45, 7) is 4.26. The highest BCUT2D eigenvalue weighted by atomic mass is 35.5. The van der Waals surface area contributed by atoms with Gasteiger partial charge in [0.05, 0.1) is 12.4 Å². The first kappa shape index (κ1) is 16.3. The maximum atomic E-state index is 11.1. The van der Waals surface area contributed by atoms with Crippen molar-refractivity contribution in [3.63, 3.8) is 0 Å². The van der Waals surface area contributed by atoms with Crippen LogP contribution in [-0.4, -0.2) is 20.8 Å². The van der Waals surface area contributed by atoms with Crippen molar-refractivity contribution in [1.29, 1.82) is 0 Å². The summed E-state index contributed by atoms with van der Waals surface area (Å²) in [5, 5.41) is 5.76. The van der Waals surface area contributed by atoms with Gasteiger partial charge in [0.15, 0.2) is 0 Å². The molecule has 1 aromatic carbocycles. The zero-order valence-corrected chi connectivity index (χ0v) is 12.8. The summed E-state index contributed by atoms with van der Waals surface area (Å²) in [4.78, 5) is 0. The first-order valence-corrected chi connectivity index (χ1v) is 8.36. The number of primary sulfonamides is 1. The number of benzene rings is 1. The summed E-state index contributed by atoms with van der Waals surface area (Å²) < 4.78 is 27.7. The van der Waals surface area contributed by atoms with Crippen molar-refractivity contribution in [1.82, 2.24) is 0 Å². The molecule has 0 fully saturated rings. The van der Waals surface area contributed by atoms with Crippen LogP contribution in [0.2, 0.25) is 5.02 Å². The van der Waals surface area contributed by atoms with Crippen molar-refractivity contribution in [2.24, 2.45) is 11.1 Å². The molecule has 0 amide bonds. The van der Waals surface area contributed by atoms with Gasteiger partial charge in [-0.05, 0) is 36.6 Å². The van der Waals surface area contributed by atoms with Crippen molar-refractivity contribution in [3.8, 4) is 5.75 Å². The minimum absolute atomic E-state index is 0.0578. The van der Waals surface area contributed by atoms with Crippen LogP contribution in [0.15, 0.2) is 18.2 Å². The van der Waals surface area contributed by atoms with E-state index in [0.29, 0.717) is 23.8 Å². The van der Waals surface area contributed by atoms with Crippen LogP contribution in [0.4, 0.5) is 0 Å². The molecular weight excluding hydrogens is 286 g/mol. The second-order valence-corrected chi connectivity index (χ2v) is 6.59. The molecule has 0 aromatic heterocycles. The van der Waals surface area contributed by atoms with E-state index in [0.717, 1.165) is 12.0 Å². The zero-order valence-electron chi connectivity index (χ0n) is 11.2. The molecule has 0 saturated carbocycles. The number of hydrogen-bond donors (Lipinski definition) is 1. The summed E-state index contributed by atoms with van der Waals surface area (Å²) in [6, 6.07) is 5.45. The highest BCUT2D eigenvalue weighted by Gasteiger charge is 2.15. The van der Waals surface area contributed by atoms with Crippen LogP contribution in [0, 0.1) is 5.92 Å². The fourth-order valence-electron chi connectivity index (χ4n) is 1.74. The van der Waals surface area contributed by atoms with Gasteiger partial charge >= 0.3 is 0 Å². The molecule has 6 heteroatoms. The van der Waals surface area contributed by atoms with Crippen LogP contribution in [0.5, 0.6) is 5.75 Å². The minimum atomic E-state index is -3.46. The zero-order chi connectivity index (χ0) is 14.5. The average molecular weight is 306 g/mol. The summed E-state index contributed by atoms with van der Waals surface area (Å²) in [7, 11) is -3.46. The third kappa shape index (κ3) is 5.80. The quantitative estimate of drug-likeness (QED) is 0.842. The first-order valence-electron chi connectivity index (χ1n) is 6.27. The van der Waals surface area contributed by atoms with E-state index in [1.807, 2.05) is 19.9 Å². The maximum Gasteiger partial charge on any atom is 0.209 e. The molecule has 4 nitrogen and oxygen atoms in total. The van der Waals surface area contributed by atoms with Crippen molar-refractivity contribution < 1.29 is 13.2 Å². The first-order chi connectivity index (χ1) is 8.85. The standard InChI is InChI=1S/C13H20ClNO3S/c1-3-10(9-19(15,16)17)8-18-12-5-6-13(14)11(4-2)7-12/h5-7,10H,3-4,8-9H2,1-2H3,(H2,15,16,17). The van der Waals surface area contributed by atoms with E-state index in [2.05, 4.69) is 0 Å². The SMILES string of the molecule is CCc1cc(OCC(CC)CS(N)(=O)=O)ccc1Cl. The second kappa shape index (κ2) is 7.12. The Morgan fingerprint density at radius 2 is 2.05 bits per heavy atom. The van der Waals surface area contributed by atoms with E-state index in [4.69, 9.17) is 21.5 Å². The Morgan fingerprint density at radius 1 is 1.37 bits per heavy atom. The second-order valence-electron chi connectivity index (χ2n) is 4.52. The Hall–Kier alpha value is -0.780. The summed E-state index contributed by atoms with van der Waals surface area (Å²) in [6.07, 6.45) is 1.52. The molecule has 0 aliphatic rings. The molecule has 19 heavy (non-hydrogen) atoms. The molecule has 0 radical (unpaired) electrons. The Kier molecular flexibility index (Phi) is 6.10. The Morgan fingerprint density at radius 3 is 2.58 bits per heavy atom. The lowest BCUT2D eigenvalue weighted by molar-refractivity contribution is 0.257. The van der Waals surface area contributed by atoms with Crippen molar-refractivity contribution >= 4 is 21.6 Å². The monoisotopic (exact) mass is 305 g/mol. The number of sulfonamides is 1. The van der Waals surface area contributed by atoms with Crippen LogP contribution in [-0.2, 0) is 16.4 Å². The molecule has 0 heterocycles. The van der Waals surface area contributed by atoms with E-state index in [9.17, 15) is 8.42 Å². The predicted octanol–water partition coefficient (Wildman–Crippen LogP) is 2.60. The number of ether oxygens (including phenoxy) is 1. The molecule has 0 spiro atoms. The lowest BCUT2D eigenvalue weighted by Crippen LogP contribution is -2.26. The van der Waals surface area contributed by atoms with Crippen LogP contribution in [0.3, 0.4) is 0 Å². The summed E-state index contributed by atoms with van der Waals surface area (Å²) in [5.74, 6) is 0.544. The van der Waals surface area contributed by atoms with Gasteiger partial charge in [-0.1, -0.05) is 25.4 Å². The van der Waals surface area contributed by atoms with E-state index in [1.165, 1.54) is 0 Å². The Labute approximate surface area is 120 Å². The van der Waals surface area contributed by atoms with Crippen LogP contribution >= 0.6 is 11.6 Å². The van der Waals surface area contributed by atoms with E-state index >= 15 is 0 Å². The molecule has 0 aliphatic heterocycles. The van der Waals surface area contributed by atoms with Crippen molar-refractivity contribution in [2.75, 3.05) is 12.4 Å². The van der Waals surface area contributed by atoms with Gasteiger partial charge in [-0.2, -0.15) is 0 Å². The fourth-order valence-corrected chi connectivity index (χ4v) is 2.98. The molecule has 1 atom stereocenters. The van der Waals surface area contributed by atoms with E-state index in [-0.39, 0.29) is 11.7 Å². The smallest absolute Gasteiger partial charge is 0.209 e. The minimum Gasteiger partial charge on any atom is -0.493 e. The molecular formula is C13H20ClNO3S. The number of nitrogens with two attached hydrogens (primary N) is 1. The number of rotatable bonds is 7. The van der Waals surface area contributed by atoms with Crippen LogP contribution < -0.4 is 9.88 Å². The predicted molar refractivity (Wildman–Crippen MR) is 78.1 cm³/mol. The molecule has 1 rings (SSSR count). The number of aryl methyl sites for hydroxylation is 1. The van der Waals surface area contributed by atoms with Gasteiger partial charge < -0.3 is 4.74 Å². The third-order valence-electron chi connectivity index (χ3n) is 2.93. The van der Waals surface area contributed by atoms with Gasteiger partial charge in [0.2, 0.25) is 10.0 Å². The molecule has 1 aromatic rings. The van der Waals surface area contributed by atoms with E-state index < -0.39 is 10.0 Å². The van der Waals surface area contributed by atoms with Gasteiger partial charge in [0.25, 0.3) is 0 Å². The summed E-state index contributed by atoms with van der Waals surface area (Å²) in [5.41, 5.74) is 1.01. The summed E-state index contributed by atoms with van der Waals surface area (Å²) >= 11 is 6.02. The lowest BCUT2D eigenvalue weighted by atomic mass is 10.1. The van der Waals surface area contributed by atoms with Gasteiger partial charge in [0.1, 0.15) is 5.75 Å². The van der Waals surface area contributed by atoms with Gasteiger partial charge in [-0.15, -0.1) is 0 Å². The topological polar surface area (TPSA) is 69.4 Å². The maximum absolute atomic E-state index is 11.1. The van der Waals surface area contributed by atoms with Crippen LogP contribution in [0.25, 0.3) is 0 Å². The van der Waals surface area contributed by atoms with E-state index in [1.54, 1.807) is 12.1 Å². The van der Waals surface area contributed by atoms with Gasteiger partial charge in [-0.3, -0.25) is 0 Å². The largest absolute Gasteiger partial charge is 0.493 e. The average Bonchev–Trinajstić information content (AvgIpc) is 2.34. The normalized spacial score (nSPS) is 13.3. The number of hydrogen-bond acceptors (Lipinski definition) is 3. The molecule has 0 aliphatic carbocycles. The van der Waals surface area contributed by atoms with Crippen molar-refractivity contribution in [2.45, 2.75) is 26.7 Å². The van der Waals surface area contributed by atoms with Crippen molar-refractivity contribution in [3.05, 3.63) is 28.8 Å². The molecule has 2 N–H and O–H groups in total. The highest BCUT2D eigenvalue weighted by Crippen LogP contribution is 2.23. The molecule has 0 saturated heterocycles. The lowest BCUT2D eigenvalue weighted by Gasteiger charge is -2.15. The van der Waals surface area contributed by atoms with Gasteiger partial charge in [0, 0.05) is 10.9 Å². The number of halogens is 1. The Bertz CT molecular complexity index is 517. The fraction of sp³-hybridized carbons (Fsp3) is 0.538. The molecule has 1 unspecified atom stereocenters. The highest BCUT2D eigenvalue weighted by molar-refractivity contribution is 7.89. The van der Waals surface area contributed by atoms with Crippen LogP contribution in [0.1, 0.15) is 25.8 Å².